The Labute approximate surface area is 84.5 Å². The zero-order chi connectivity index (χ0) is 10.1. The van der Waals surface area contributed by atoms with Crippen LogP contribution in [-0.4, -0.2) is 24.5 Å². The number of nitrogens with zero attached hydrogens (tertiary/aromatic N) is 1. The van der Waals surface area contributed by atoms with E-state index in [0.29, 0.717) is 0 Å². The van der Waals surface area contributed by atoms with E-state index < -0.39 is 0 Å². The van der Waals surface area contributed by atoms with Crippen LogP contribution in [0.1, 0.15) is 59.3 Å². The summed E-state index contributed by atoms with van der Waals surface area (Å²) in [5, 5.41) is 0. The first-order chi connectivity index (χ1) is 6.26. The van der Waals surface area contributed by atoms with Crippen molar-refractivity contribution in [1.29, 1.82) is 0 Å². The maximum absolute atomic E-state index is 2.49. The van der Waals surface area contributed by atoms with Crippen molar-refractivity contribution >= 4 is 0 Å². The van der Waals surface area contributed by atoms with Gasteiger partial charge in [-0.05, 0) is 26.4 Å². The van der Waals surface area contributed by atoms with Crippen LogP contribution < -0.4 is 0 Å². The lowest BCUT2D eigenvalue weighted by Gasteiger charge is -2.29. The van der Waals surface area contributed by atoms with Crippen molar-refractivity contribution in [2.75, 3.05) is 13.6 Å². The molecule has 0 amide bonds. The van der Waals surface area contributed by atoms with Gasteiger partial charge in [0.25, 0.3) is 0 Å². The molecule has 1 saturated carbocycles. The minimum absolute atomic E-state index is 0.902. The summed E-state index contributed by atoms with van der Waals surface area (Å²) in [6.45, 7) is 7.71. The first kappa shape index (κ1) is 13.0. The van der Waals surface area contributed by atoms with Crippen LogP contribution in [0.3, 0.4) is 0 Å². The second-order valence-electron chi connectivity index (χ2n) is 4.07. The van der Waals surface area contributed by atoms with Gasteiger partial charge in [-0.3, -0.25) is 0 Å². The smallest absolute Gasteiger partial charge is 0.00920 e. The van der Waals surface area contributed by atoms with Gasteiger partial charge in [0, 0.05) is 6.04 Å². The zero-order valence-corrected chi connectivity index (χ0v) is 9.97. The van der Waals surface area contributed by atoms with E-state index in [-0.39, 0.29) is 0 Å². The maximum Gasteiger partial charge on any atom is 0.00920 e. The van der Waals surface area contributed by atoms with Crippen LogP contribution in [0, 0.1) is 0 Å². The lowest BCUT2D eigenvalue weighted by atomic mass is 9.95. The van der Waals surface area contributed by atoms with E-state index in [1.807, 2.05) is 0 Å². The molecule has 0 aromatic heterocycles. The van der Waals surface area contributed by atoms with Crippen molar-refractivity contribution in [3.8, 4) is 0 Å². The summed E-state index contributed by atoms with van der Waals surface area (Å²) in [7, 11) is 2.25. The summed E-state index contributed by atoms with van der Waals surface area (Å²) in [5.74, 6) is 0. The first-order valence-corrected chi connectivity index (χ1v) is 5.96. The van der Waals surface area contributed by atoms with E-state index in [9.17, 15) is 0 Å². The molecule has 1 fully saturated rings. The Morgan fingerprint density at radius 1 is 1.00 bits per heavy atom. The standard InChI is InChI=1S/C9H19N.C3H8/c1-3-10(2)9-7-5-4-6-8-9;1-3-2/h9H,3-8H2,1-2H3;3H2,1-2H3. The molecule has 0 unspecified atom stereocenters. The minimum atomic E-state index is 0.902. The SMILES string of the molecule is CCC.CCN(C)C1CCCCC1. The zero-order valence-electron chi connectivity index (χ0n) is 9.97. The molecule has 0 aromatic carbocycles. The molecular formula is C12H27N. The van der Waals surface area contributed by atoms with Gasteiger partial charge in [0.2, 0.25) is 0 Å². The van der Waals surface area contributed by atoms with E-state index in [4.69, 9.17) is 0 Å². The molecule has 0 aliphatic heterocycles. The Morgan fingerprint density at radius 2 is 1.46 bits per heavy atom. The molecule has 0 N–H and O–H groups in total. The molecule has 80 valence electrons. The quantitative estimate of drug-likeness (QED) is 0.634. The monoisotopic (exact) mass is 185 g/mol. The van der Waals surface area contributed by atoms with Crippen molar-refractivity contribution in [2.45, 2.75) is 65.3 Å². The predicted octanol–water partition coefficient (Wildman–Crippen LogP) is 3.69. The summed E-state index contributed by atoms with van der Waals surface area (Å²) < 4.78 is 0. The maximum atomic E-state index is 2.49. The fourth-order valence-electron chi connectivity index (χ4n) is 1.78. The van der Waals surface area contributed by atoms with Gasteiger partial charge in [0.15, 0.2) is 0 Å². The summed E-state index contributed by atoms with van der Waals surface area (Å²) in [6, 6.07) is 0.902. The molecule has 1 nitrogen and oxygen atoms in total. The molecule has 0 spiro atoms. The Hall–Kier alpha value is -0.0400. The summed E-state index contributed by atoms with van der Waals surface area (Å²) in [4.78, 5) is 2.49. The fourth-order valence-corrected chi connectivity index (χ4v) is 1.78. The van der Waals surface area contributed by atoms with Crippen molar-refractivity contribution in [3.05, 3.63) is 0 Å². The molecule has 0 radical (unpaired) electrons. The third kappa shape index (κ3) is 6.09. The Kier molecular flexibility index (Phi) is 8.53. The number of hydrogen-bond donors (Lipinski definition) is 0. The molecule has 0 saturated heterocycles. The van der Waals surface area contributed by atoms with Crippen LogP contribution in [0.15, 0.2) is 0 Å². The molecule has 1 aliphatic carbocycles. The third-order valence-electron chi connectivity index (χ3n) is 2.70. The summed E-state index contributed by atoms with van der Waals surface area (Å²) >= 11 is 0. The minimum Gasteiger partial charge on any atom is -0.304 e. The van der Waals surface area contributed by atoms with Gasteiger partial charge < -0.3 is 4.90 Å². The molecule has 13 heavy (non-hydrogen) atoms. The Balaban J connectivity index is 0.000000424. The third-order valence-corrected chi connectivity index (χ3v) is 2.70. The number of rotatable bonds is 2. The van der Waals surface area contributed by atoms with Crippen molar-refractivity contribution in [3.63, 3.8) is 0 Å². The summed E-state index contributed by atoms with van der Waals surface area (Å²) in [6.07, 6.45) is 8.49. The lowest BCUT2D eigenvalue weighted by molar-refractivity contribution is 0.200. The van der Waals surface area contributed by atoms with E-state index in [2.05, 4.69) is 32.7 Å². The highest BCUT2D eigenvalue weighted by Gasteiger charge is 2.15. The molecule has 0 aromatic rings. The van der Waals surface area contributed by atoms with Crippen LogP contribution in [0.25, 0.3) is 0 Å². The molecule has 1 aliphatic rings. The fraction of sp³-hybridized carbons (Fsp3) is 1.00. The first-order valence-electron chi connectivity index (χ1n) is 5.96. The van der Waals surface area contributed by atoms with Gasteiger partial charge in [0.1, 0.15) is 0 Å². The van der Waals surface area contributed by atoms with Gasteiger partial charge in [-0.25, -0.2) is 0 Å². The molecule has 1 heteroatoms. The van der Waals surface area contributed by atoms with Gasteiger partial charge in [-0.15, -0.1) is 0 Å². The average Bonchev–Trinajstić information content (AvgIpc) is 2.19. The molecular weight excluding hydrogens is 158 g/mol. The number of hydrogen-bond acceptors (Lipinski definition) is 1. The van der Waals surface area contributed by atoms with Crippen LogP contribution in [0.2, 0.25) is 0 Å². The summed E-state index contributed by atoms with van der Waals surface area (Å²) in [5.41, 5.74) is 0. The van der Waals surface area contributed by atoms with E-state index in [0.717, 1.165) is 6.04 Å². The van der Waals surface area contributed by atoms with E-state index in [1.165, 1.54) is 45.1 Å². The molecule has 0 heterocycles. The lowest BCUT2D eigenvalue weighted by Crippen LogP contribution is -2.32. The van der Waals surface area contributed by atoms with E-state index in [1.54, 1.807) is 0 Å². The molecule has 0 bridgehead atoms. The second-order valence-corrected chi connectivity index (χ2v) is 4.07. The normalized spacial score (nSPS) is 18.2. The van der Waals surface area contributed by atoms with Crippen LogP contribution in [-0.2, 0) is 0 Å². The Bertz CT molecular complexity index is 95.3. The van der Waals surface area contributed by atoms with Crippen molar-refractivity contribution in [1.82, 2.24) is 4.90 Å². The highest BCUT2D eigenvalue weighted by atomic mass is 15.1. The van der Waals surface area contributed by atoms with Gasteiger partial charge in [-0.2, -0.15) is 0 Å². The van der Waals surface area contributed by atoms with Crippen molar-refractivity contribution < 1.29 is 0 Å². The average molecular weight is 185 g/mol. The predicted molar refractivity (Wildman–Crippen MR) is 61.1 cm³/mol. The van der Waals surface area contributed by atoms with Gasteiger partial charge in [0.05, 0.1) is 0 Å². The van der Waals surface area contributed by atoms with Crippen LogP contribution in [0.4, 0.5) is 0 Å². The van der Waals surface area contributed by atoms with Crippen LogP contribution >= 0.6 is 0 Å². The largest absolute Gasteiger partial charge is 0.304 e. The highest BCUT2D eigenvalue weighted by Crippen LogP contribution is 2.20. The topological polar surface area (TPSA) is 3.24 Å². The van der Waals surface area contributed by atoms with Gasteiger partial charge in [-0.1, -0.05) is 46.5 Å². The van der Waals surface area contributed by atoms with Crippen molar-refractivity contribution in [2.24, 2.45) is 0 Å². The Morgan fingerprint density at radius 3 is 1.85 bits per heavy atom. The molecule has 0 atom stereocenters. The van der Waals surface area contributed by atoms with Crippen LogP contribution in [0.5, 0.6) is 0 Å². The second kappa shape index (κ2) is 8.55. The van der Waals surface area contributed by atoms with E-state index >= 15 is 0 Å². The van der Waals surface area contributed by atoms with Gasteiger partial charge >= 0.3 is 0 Å². The highest BCUT2D eigenvalue weighted by molar-refractivity contribution is 4.72. The molecule has 1 rings (SSSR count).